The van der Waals surface area contributed by atoms with Crippen LogP contribution in [0.3, 0.4) is 0 Å². The minimum Gasteiger partial charge on any atom is -0.360 e. The Morgan fingerprint density at radius 2 is 2.03 bits per heavy atom. The molecule has 6 nitrogen and oxygen atoms in total. The van der Waals surface area contributed by atoms with Gasteiger partial charge in [-0.1, -0.05) is 20.8 Å². The van der Waals surface area contributed by atoms with Crippen LogP contribution >= 0.6 is 0 Å². The Kier molecular flexibility index (Phi) is 7.79. The van der Waals surface area contributed by atoms with Gasteiger partial charge in [-0.15, -0.1) is 0 Å². The van der Waals surface area contributed by atoms with Crippen molar-refractivity contribution in [2.45, 2.75) is 41.0 Å². The summed E-state index contributed by atoms with van der Waals surface area (Å²) < 4.78 is 0. The monoisotopic (exact) mass is 390 g/mol. The normalized spacial score (nSPS) is 10.1. The fraction of sp³-hybridized carbons (Fsp3) is 0.348. The molecule has 0 saturated carbocycles. The quantitative estimate of drug-likeness (QED) is 0.379. The zero-order valence-corrected chi connectivity index (χ0v) is 17.9. The zero-order chi connectivity index (χ0) is 21.4. The van der Waals surface area contributed by atoms with Gasteiger partial charge in [0, 0.05) is 36.6 Å². The van der Waals surface area contributed by atoms with E-state index in [1.165, 1.54) is 0 Å². The molecule has 0 aliphatic heterocycles. The number of amidine groups is 1. The summed E-state index contributed by atoms with van der Waals surface area (Å²) in [6.07, 6.45) is 4.61. The fourth-order valence-corrected chi connectivity index (χ4v) is 3.20. The third kappa shape index (κ3) is 4.75. The predicted molar refractivity (Wildman–Crippen MR) is 121 cm³/mol. The van der Waals surface area contributed by atoms with E-state index >= 15 is 0 Å². The minimum absolute atomic E-state index is 0.486. The fourth-order valence-electron chi connectivity index (χ4n) is 3.20. The number of nitrogens with one attached hydrogen (secondary N) is 3. The van der Waals surface area contributed by atoms with Crippen LogP contribution in [-0.4, -0.2) is 33.8 Å². The Balaban J connectivity index is 0.00000145. The number of nitrogens with zero attached hydrogens (tertiary/aromatic N) is 3. The first-order valence-electron chi connectivity index (χ1n) is 10.2. The predicted octanol–water partition coefficient (Wildman–Crippen LogP) is 5.57. The van der Waals surface area contributed by atoms with E-state index in [9.17, 15) is 0 Å². The standard InChI is InChI=1S/C21H24N6.C2H6/c1-4-10-27(5-2)20(23)18-13-25-21(17-8-9-24-19(17)18)26-16-7-6-15(12-22)14(3)11-16;1-2/h6-9,11,13,23-24H,4-5,10H2,1-3H3,(H,25,26);1-2H3. The molecule has 152 valence electrons. The molecule has 3 rings (SSSR count). The number of H-pyrrole nitrogens is 1. The van der Waals surface area contributed by atoms with Crippen molar-refractivity contribution in [3.63, 3.8) is 0 Å². The molecule has 1 aromatic carbocycles. The van der Waals surface area contributed by atoms with Crippen molar-refractivity contribution < 1.29 is 0 Å². The summed E-state index contributed by atoms with van der Waals surface area (Å²) in [6.45, 7) is 11.7. The van der Waals surface area contributed by atoms with Crippen LogP contribution < -0.4 is 5.32 Å². The van der Waals surface area contributed by atoms with Gasteiger partial charge in [-0.3, -0.25) is 5.41 Å². The average molecular weight is 391 g/mol. The van der Waals surface area contributed by atoms with Crippen molar-refractivity contribution in [2.24, 2.45) is 0 Å². The van der Waals surface area contributed by atoms with Gasteiger partial charge in [0.2, 0.25) is 0 Å². The SMILES string of the molecule is CC.CCCN(CC)C(=N)c1cnc(Nc2ccc(C#N)c(C)c2)c2cc[nH]c12. The van der Waals surface area contributed by atoms with Crippen LogP contribution in [0.2, 0.25) is 0 Å². The van der Waals surface area contributed by atoms with Crippen LogP contribution in [0, 0.1) is 23.7 Å². The summed E-state index contributed by atoms with van der Waals surface area (Å²) in [5, 5.41) is 22.0. The van der Waals surface area contributed by atoms with Gasteiger partial charge in [0.05, 0.1) is 22.7 Å². The summed E-state index contributed by atoms with van der Waals surface area (Å²) in [6, 6.07) is 9.77. The van der Waals surface area contributed by atoms with Gasteiger partial charge >= 0.3 is 0 Å². The lowest BCUT2D eigenvalue weighted by Crippen LogP contribution is -2.31. The summed E-state index contributed by atoms with van der Waals surface area (Å²) in [4.78, 5) is 9.89. The lowest BCUT2D eigenvalue weighted by molar-refractivity contribution is 0.438. The van der Waals surface area contributed by atoms with E-state index in [1.807, 2.05) is 50.1 Å². The Bertz CT molecular complexity index is 1010. The summed E-state index contributed by atoms with van der Waals surface area (Å²) in [5.41, 5.74) is 4.17. The Labute approximate surface area is 173 Å². The molecule has 2 aromatic heterocycles. The molecule has 3 N–H and O–H groups in total. The number of anilines is 2. The van der Waals surface area contributed by atoms with Gasteiger partial charge in [-0.2, -0.15) is 5.26 Å². The molecule has 0 bridgehead atoms. The van der Waals surface area contributed by atoms with Gasteiger partial charge in [0.15, 0.2) is 0 Å². The highest BCUT2D eigenvalue weighted by Gasteiger charge is 2.16. The Morgan fingerprint density at radius 1 is 1.28 bits per heavy atom. The molecular weight excluding hydrogens is 360 g/mol. The second kappa shape index (κ2) is 10.3. The van der Waals surface area contributed by atoms with Crippen LogP contribution in [0.15, 0.2) is 36.7 Å². The average Bonchev–Trinajstić information content (AvgIpc) is 3.24. The van der Waals surface area contributed by atoms with Crippen LogP contribution in [0.5, 0.6) is 0 Å². The molecule has 0 aliphatic carbocycles. The third-order valence-corrected chi connectivity index (χ3v) is 4.65. The molecule has 3 aromatic rings. The van der Waals surface area contributed by atoms with Crippen molar-refractivity contribution >= 4 is 28.2 Å². The van der Waals surface area contributed by atoms with Crippen molar-refractivity contribution in [1.29, 1.82) is 10.7 Å². The summed E-state index contributed by atoms with van der Waals surface area (Å²) in [7, 11) is 0. The van der Waals surface area contributed by atoms with Gasteiger partial charge < -0.3 is 15.2 Å². The highest BCUT2D eigenvalue weighted by molar-refractivity contribution is 6.09. The molecule has 0 atom stereocenters. The summed E-state index contributed by atoms with van der Waals surface area (Å²) in [5.74, 6) is 1.21. The molecule has 0 aliphatic rings. The number of pyridine rings is 1. The number of benzene rings is 1. The molecule has 0 spiro atoms. The van der Waals surface area contributed by atoms with E-state index in [2.05, 4.69) is 35.2 Å². The van der Waals surface area contributed by atoms with E-state index in [0.29, 0.717) is 11.4 Å². The second-order valence-corrected chi connectivity index (χ2v) is 6.48. The molecule has 29 heavy (non-hydrogen) atoms. The van der Waals surface area contributed by atoms with Gasteiger partial charge in [-0.05, 0) is 50.1 Å². The van der Waals surface area contributed by atoms with E-state index in [1.54, 1.807) is 12.3 Å². The number of aromatic amines is 1. The van der Waals surface area contributed by atoms with Crippen LogP contribution in [0.4, 0.5) is 11.5 Å². The molecule has 6 heteroatoms. The number of aryl methyl sites for hydroxylation is 1. The van der Waals surface area contributed by atoms with Crippen LogP contribution in [0.1, 0.15) is 50.8 Å². The van der Waals surface area contributed by atoms with Gasteiger partial charge in [0.1, 0.15) is 11.7 Å². The molecule has 0 amide bonds. The lowest BCUT2D eigenvalue weighted by atomic mass is 10.1. The van der Waals surface area contributed by atoms with Crippen molar-refractivity contribution in [3.05, 3.63) is 53.3 Å². The maximum absolute atomic E-state index is 9.09. The summed E-state index contributed by atoms with van der Waals surface area (Å²) >= 11 is 0. The first kappa shape index (κ1) is 22.0. The van der Waals surface area contributed by atoms with E-state index < -0.39 is 0 Å². The largest absolute Gasteiger partial charge is 0.360 e. The second-order valence-electron chi connectivity index (χ2n) is 6.48. The van der Waals surface area contributed by atoms with Crippen molar-refractivity contribution in [2.75, 3.05) is 18.4 Å². The van der Waals surface area contributed by atoms with E-state index in [-0.39, 0.29) is 0 Å². The molecule has 0 unspecified atom stereocenters. The smallest absolute Gasteiger partial charge is 0.139 e. The highest BCUT2D eigenvalue weighted by Crippen LogP contribution is 2.27. The van der Waals surface area contributed by atoms with Gasteiger partial charge in [0.25, 0.3) is 0 Å². The maximum Gasteiger partial charge on any atom is 0.139 e. The minimum atomic E-state index is 0.486. The molecule has 0 fully saturated rings. The molecule has 2 heterocycles. The van der Waals surface area contributed by atoms with Gasteiger partial charge in [-0.25, -0.2) is 4.98 Å². The first-order chi connectivity index (χ1) is 14.1. The number of nitriles is 1. The molecule has 0 saturated heterocycles. The Morgan fingerprint density at radius 3 is 2.66 bits per heavy atom. The first-order valence-corrected chi connectivity index (χ1v) is 10.2. The van der Waals surface area contributed by atoms with E-state index in [4.69, 9.17) is 10.7 Å². The number of rotatable bonds is 6. The van der Waals surface area contributed by atoms with Crippen molar-refractivity contribution in [1.82, 2.24) is 14.9 Å². The lowest BCUT2D eigenvalue weighted by Gasteiger charge is -2.23. The molecular formula is C23H30N6. The van der Waals surface area contributed by atoms with Crippen molar-refractivity contribution in [3.8, 4) is 6.07 Å². The van der Waals surface area contributed by atoms with E-state index in [0.717, 1.165) is 53.0 Å². The Hall–Kier alpha value is -3.33. The van der Waals surface area contributed by atoms with Crippen LogP contribution in [-0.2, 0) is 0 Å². The topological polar surface area (TPSA) is 91.6 Å². The maximum atomic E-state index is 9.09. The number of fused-ring (bicyclic) bond motifs is 1. The number of aromatic nitrogens is 2. The number of hydrogen-bond acceptors (Lipinski definition) is 4. The molecule has 0 radical (unpaired) electrons. The number of hydrogen-bond donors (Lipinski definition) is 3. The highest BCUT2D eigenvalue weighted by atomic mass is 15.2. The zero-order valence-electron chi connectivity index (χ0n) is 17.9. The third-order valence-electron chi connectivity index (χ3n) is 4.65. The van der Waals surface area contributed by atoms with Crippen LogP contribution in [0.25, 0.3) is 10.9 Å².